The van der Waals surface area contributed by atoms with Crippen molar-refractivity contribution in [3.63, 3.8) is 0 Å². The molecule has 2 heterocycles. The van der Waals surface area contributed by atoms with Crippen LogP contribution >= 0.6 is 11.3 Å². The zero-order chi connectivity index (χ0) is 12.8. The summed E-state index contributed by atoms with van der Waals surface area (Å²) in [7, 11) is 4.19. The van der Waals surface area contributed by atoms with Gasteiger partial charge in [-0.3, -0.25) is 4.90 Å². The van der Waals surface area contributed by atoms with Crippen molar-refractivity contribution >= 4 is 11.3 Å². The van der Waals surface area contributed by atoms with E-state index in [4.69, 9.17) is 4.42 Å². The highest BCUT2D eigenvalue weighted by Gasteiger charge is 2.09. The second kappa shape index (κ2) is 6.68. The number of likely N-dealkylation sites (N-methyl/N-ethyl adjacent to an activating group) is 1. The monoisotopic (exact) mass is 265 g/mol. The first-order chi connectivity index (χ1) is 8.74. The van der Waals surface area contributed by atoms with Crippen LogP contribution in [0.25, 0.3) is 0 Å². The topological polar surface area (TPSA) is 32.5 Å². The minimum Gasteiger partial charge on any atom is -0.451 e. The van der Waals surface area contributed by atoms with Crippen molar-refractivity contribution in [3.8, 4) is 0 Å². The van der Waals surface area contributed by atoms with Crippen LogP contribution < -0.4 is 0 Å². The van der Waals surface area contributed by atoms with Gasteiger partial charge in [0.1, 0.15) is 6.26 Å². The number of aromatic nitrogens is 1. The summed E-state index contributed by atoms with van der Waals surface area (Å²) in [6, 6.07) is 4.27. The summed E-state index contributed by atoms with van der Waals surface area (Å²) in [6.07, 6.45) is 3.21. The number of thiophene rings is 1. The Morgan fingerprint density at radius 3 is 2.78 bits per heavy atom. The largest absolute Gasteiger partial charge is 0.451 e. The van der Waals surface area contributed by atoms with Gasteiger partial charge in [-0.15, -0.1) is 11.3 Å². The Morgan fingerprint density at radius 1 is 1.28 bits per heavy atom. The molecule has 4 nitrogen and oxygen atoms in total. The van der Waals surface area contributed by atoms with E-state index in [2.05, 4.69) is 46.4 Å². The van der Waals surface area contributed by atoms with Gasteiger partial charge in [-0.05, 0) is 25.5 Å². The van der Waals surface area contributed by atoms with Gasteiger partial charge in [0.15, 0.2) is 6.39 Å². The van der Waals surface area contributed by atoms with Gasteiger partial charge in [0, 0.05) is 31.1 Å². The molecule has 0 atom stereocenters. The molecule has 2 aromatic heterocycles. The Morgan fingerprint density at radius 2 is 2.17 bits per heavy atom. The van der Waals surface area contributed by atoms with E-state index in [1.807, 2.05) is 0 Å². The highest BCUT2D eigenvalue weighted by atomic mass is 32.1. The fourth-order valence-corrected chi connectivity index (χ4v) is 2.47. The minimum absolute atomic E-state index is 0.836. The smallest absolute Gasteiger partial charge is 0.180 e. The van der Waals surface area contributed by atoms with Gasteiger partial charge in [-0.25, -0.2) is 4.98 Å². The SMILES string of the molecule is CN(C)CCN(Cc1cocn1)Cc1cccs1. The number of hydrogen-bond acceptors (Lipinski definition) is 5. The van der Waals surface area contributed by atoms with Gasteiger partial charge in [0.05, 0.1) is 5.69 Å². The van der Waals surface area contributed by atoms with Crippen LogP contribution in [0.3, 0.4) is 0 Å². The molecule has 0 aliphatic carbocycles. The van der Waals surface area contributed by atoms with Crippen molar-refractivity contribution < 1.29 is 4.42 Å². The average Bonchev–Trinajstić information content (AvgIpc) is 2.98. The fraction of sp³-hybridized carbons (Fsp3) is 0.462. The minimum atomic E-state index is 0.836. The number of oxazole rings is 1. The molecule has 5 heteroatoms. The van der Waals surface area contributed by atoms with Crippen LogP contribution in [0.2, 0.25) is 0 Å². The van der Waals surface area contributed by atoms with Crippen molar-refractivity contribution in [2.45, 2.75) is 13.1 Å². The number of hydrogen-bond donors (Lipinski definition) is 0. The Kier molecular flexibility index (Phi) is 4.92. The van der Waals surface area contributed by atoms with E-state index in [1.165, 1.54) is 11.3 Å². The first-order valence-corrected chi connectivity index (χ1v) is 6.88. The zero-order valence-electron chi connectivity index (χ0n) is 10.9. The summed E-state index contributed by atoms with van der Waals surface area (Å²) >= 11 is 1.80. The van der Waals surface area contributed by atoms with E-state index in [0.29, 0.717) is 0 Å². The molecule has 0 bridgehead atoms. The molecule has 0 unspecified atom stereocenters. The fourth-order valence-electron chi connectivity index (χ4n) is 1.72. The quantitative estimate of drug-likeness (QED) is 0.769. The van der Waals surface area contributed by atoms with Gasteiger partial charge in [0.2, 0.25) is 0 Å². The first-order valence-electron chi connectivity index (χ1n) is 6.00. The Labute approximate surface area is 112 Å². The van der Waals surface area contributed by atoms with E-state index in [9.17, 15) is 0 Å². The van der Waals surface area contributed by atoms with Gasteiger partial charge in [-0.2, -0.15) is 0 Å². The molecule has 98 valence electrons. The summed E-state index contributed by atoms with van der Waals surface area (Å²) in [5.74, 6) is 0. The van der Waals surface area contributed by atoms with Crippen molar-refractivity contribution in [2.75, 3.05) is 27.2 Å². The standard InChI is InChI=1S/C13H19N3OS/c1-15(2)5-6-16(8-12-10-17-11-14-12)9-13-4-3-7-18-13/h3-4,7,10-11H,5-6,8-9H2,1-2H3. The van der Waals surface area contributed by atoms with E-state index >= 15 is 0 Å². The molecule has 0 radical (unpaired) electrons. The van der Waals surface area contributed by atoms with Gasteiger partial charge in [0.25, 0.3) is 0 Å². The highest BCUT2D eigenvalue weighted by Crippen LogP contribution is 2.13. The molecule has 0 spiro atoms. The molecule has 2 rings (SSSR count). The van der Waals surface area contributed by atoms with Gasteiger partial charge in [-0.1, -0.05) is 6.07 Å². The Bertz CT molecular complexity index is 389. The van der Waals surface area contributed by atoms with Crippen LogP contribution in [0.4, 0.5) is 0 Å². The molecule has 0 N–H and O–H groups in total. The normalized spacial score (nSPS) is 11.6. The van der Waals surface area contributed by atoms with Crippen LogP contribution in [0.5, 0.6) is 0 Å². The van der Waals surface area contributed by atoms with Gasteiger partial charge < -0.3 is 9.32 Å². The molecule has 2 aromatic rings. The third-order valence-electron chi connectivity index (χ3n) is 2.69. The Balaban J connectivity index is 1.93. The van der Waals surface area contributed by atoms with E-state index < -0.39 is 0 Å². The molecule has 0 aliphatic rings. The maximum absolute atomic E-state index is 5.03. The van der Waals surface area contributed by atoms with Crippen molar-refractivity contribution in [1.29, 1.82) is 0 Å². The molecule has 0 fully saturated rings. The number of rotatable bonds is 7. The predicted octanol–water partition coefficient (Wildman–Crippen LogP) is 2.30. The van der Waals surface area contributed by atoms with Crippen LogP contribution in [0, 0.1) is 0 Å². The van der Waals surface area contributed by atoms with E-state index in [1.54, 1.807) is 17.6 Å². The molecular weight excluding hydrogens is 246 g/mol. The van der Waals surface area contributed by atoms with Crippen molar-refractivity contribution in [2.24, 2.45) is 0 Å². The van der Waals surface area contributed by atoms with Crippen LogP contribution in [0.15, 0.2) is 34.6 Å². The summed E-state index contributed by atoms with van der Waals surface area (Å²) in [5.41, 5.74) is 0.991. The number of nitrogens with zero attached hydrogens (tertiary/aromatic N) is 3. The second-order valence-corrected chi connectivity index (χ2v) is 5.61. The maximum Gasteiger partial charge on any atom is 0.180 e. The summed E-state index contributed by atoms with van der Waals surface area (Å²) < 4.78 is 5.03. The maximum atomic E-state index is 5.03. The Hall–Kier alpha value is -1.17. The molecule has 0 saturated carbocycles. The third kappa shape index (κ3) is 4.25. The molecular formula is C13H19N3OS. The lowest BCUT2D eigenvalue weighted by molar-refractivity contribution is 0.225. The summed E-state index contributed by atoms with van der Waals surface area (Å²) in [5, 5.41) is 2.12. The molecule has 0 aromatic carbocycles. The molecule has 0 aliphatic heterocycles. The summed E-state index contributed by atoms with van der Waals surface area (Å²) in [4.78, 5) is 10.2. The highest BCUT2D eigenvalue weighted by molar-refractivity contribution is 7.09. The van der Waals surface area contributed by atoms with Gasteiger partial charge >= 0.3 is 0 Å². The average molecular weight is 265 g/mol. The zero-order valence-corrected chi connectivity index (χ0v) is 11.7. The first kappa shape index (κ1) is 13.3. The lowest BCUT2D eigenvalue weighted by Crippen LogP contribution is -2.30. The van der Waals surface area contributed by atoms with E-state index in [-0.39, 0.29) is 0 Å². The van der Waals surface area contributed by atoms with Crippen LogP contribution in [0.1, 0.15) is 10.6 Å². The molecule has 0 amide bonds. The molecule has 18 heavy (non-hydrogen) atoms. The molecule has 0 saturated heterocycles. The summed E-state index contributed by atoms with van der Waals surface area (Å²) in [6.45, 7) is 3.88. The van der Waals surface area contributed by atoms with Crippen LogP contribution in [-0.2, 0) is 13.1 Å². The van der Waals surface area contributed by atoms with Crippen molar-refractivity contribution in [3.05, 3.63) is 40.7 Å². The van der Waals surface area contributed by atoms with Crippen LogP contribution in [-0.4, -0.2) is 42.0 Å². The predicted molar refractivity (Wildman–Crippen MR) is 73.5 cm³/mol. The van der Waals surface area contributed by atoms with E-state index in [0.717, 1.165) is 31.9 Å². The third-order valence-corrected chi connectivity index (χ3v) is 3.55. The van der Waals surface area contributed by atoms with Crippen molar-refractivity contribution in [1.82, 2.24) is 14.8 Å². The lowest BCUT2D eigenvalue weighted by Gasteiger charge is -2.22. The lowest BCUT2D eigenvalue weighted by atomic mass is 10.3. The second-order valence-electron chi connectivity index (χ2n) is 4.57.